The first kappa shape index (κ1) is 17.6. The van der Waals surface area contributed by atoms with Crippen LogP contribution in [0.5, 0.6) is 0 Å². The summed E-state index contributed by atoms with van der Waals surface area (Å²) < 4.78 is 0. The summed E-state index contributed by atoms with van der Waals surface area (Å²) in [6.07, 6.45) is 1.80. The predicted molar refractivity (Wildman–Crippen MR) is 122 cm³/mol. The van der Waals surface area contributed by atoms with Crippen LogP contribution in [0.4, 0.5) is 11.4 Å². The van der Waals surface area contributed by atoms with Crippen LogP contribution < -0.4 is 11.5 Å². The van der Waals surface area contributed by atoms with Crippen molar-refractivity contribution in [1.29, 1.82) is 0 Å². The van der Waals surface area contributed by atoms with Gasteiger partial charge >= 0.3 is 0 Å². The lowest BCUT2D eigenvalue weighted by molar-refractivity contribution is 0.520. The molecule has 4 aromatic carbocycles. The largest absolute Gasteiger partial charge is 0.399 e. The van der Waals surface area contributed by atoms with Gasteiger partial charge in [0, 0.05) is 16.8 Å². The van der Waals surface area contributed by atoms with E-state index in [9.17, 15) is 0 Å². The molecule has 29 heavy (non-hydrogen) atoms. The van der Waals surface area contributed by atoms with Gasteiger partial charge in [-0.05, 0) is 70.5 Å². The first-order valence-corrected chi connectivity index (χ1v) is 10.0. The lowest BCUT2D eigenvalue weighted by atomic mass is 9.69. The maximum absolute atomic E-state index is 6.28. The highest BCUT2D eigenvalue weighted by Gasteiger charge is 2.43. The molecule has 0 saturated heterocycles. The third-order valence-electron chi connectivity index (χ3n) is 6.11. The Hall–Kier alpha value is -3.52. The summed E-state index contributed by atoms with van der Waals surface area (Å²) in [5.41, 5.74) is 21.7. The van der Waals surface area contributed by atoms with E-state index in [1.165, 1.54) is 33.4 Å². The average molecular weight is 377 g/mol. The molecule has 1 aliphatic carbocycles. The van der Waals surface area contributed by atoms with Crippen molar-refractivity contribution < 1.29 is 0 Å². The summed E-state index contributed by atoms with van der Waals surface area (Å²) in [7, 11) is 0. The van der Waals surface area contributed by atoms with Crippen LogP contribution in [-0.4, -0.2) is 0 Å². The summed E-state index contributed by atoms with van der Waals surface area (Å²) in [6.45, 7) is 0. The number of benzene rings is 4. The molecule has 4 aromatic rings. The SMILES string of the molecule is Nc1ccc2c(c1)C(Cc1ccccc1)(Cc1ccccc1)c1cc(N)ccc1-2. The highest BCUT2D eigenvalue weighted by molar-refractivity contribution is 5.84. The summed E-state index contributed by atoms with van der Waals surface area (Å²) in [6, 6.07) is 34.1. The molecule has 0 atom stereocenters. The first-order chi connectivity index (χ1) is 14.2. The van der Waals surface area contributed by atoms with Gasteiger partial charge in [0.1, 0.15) is 0 Å². The van der Waals surface area contributed by atoms with Crippen molar-refractivity contribution in [2.24, 2.45) is 0 Å². The van der Waals surface area contributed by atoms with Crippen LogP contribution >= 0.6 is 0 Å². The van der Waals surface area contributed by atoms with E-state index < -0.39 is 0 Å². The van der Waals surface area contributed by atoms with Crippen molar-refractivity contribution in [2.45, 2.75) is 18.3 Å². The van der Waals surface area contributed by atoms with E-state index in [1.54, 1.807) is 0 Å². The van der Waals surface area contributed by atoms with Crippen LogP contribution in [0.15, 0.2) is 97.1 Å². The second-order valence-electron chi connectivity index (χ2n) is 8.02. The molecular weight excluding hydrogens is 352 g/mol. The Kier molecular flexibility index (Phi) is 4.13. The molecule has 0 aromatic heterocycles. The second kappa shape index (κ2) is 6.82. The van der Waals surface area contributed by atoms with Crippen molar-refractivity contribution in [3.63, 3.8) is 0 Å². The number of hydrogen-bond acceptors (Lipinski definition) is 2. The van der Waals surface area contributed by atoms with Gasteiger partial charge in [-0.15, -0.1) is 0 Å². The molecular formula is C27H24N2. The number of rotatable bonds is 4. The number of nitrogens with two attached hydrogens (primary N) is 2. The van der Waals surface area contributed by atoms with Crippen molar-refractivity contribution in [2.75, 3.05) is 11.5 Å². The Bertz CT molecular complexity index is 1070. The van der Waals surface area contributed by atoms with Gasteiger partial charge in [-0.25, -0.2) is 0 Å². The molecule has 0 unspecified atom stereocenters. The van der Waals surface area contributed by atoms with Gasteiger partial charge in [0.2, 0.25) is 0 Å². The molecule has 5 rings (SSSR count). The molecule has 0 spiro atoms. The standard InChI is InChI=1S/C27H24N2/c28-21-11-13-23-24-14-12-22(29)16-26(24)27(25(23)15-21,17-19-7-3-1-4-8-19)18-20-9-5-2-6-10-20/h1-16H,17-18,28-29H2. The third kappa shape index (κ3) is 2.98. The van der Waals surface area contributed by atoms with Crippen LogP contribution in [0.1, 0.15) is 22.3 Å². The quantitative estimate of drug-likeness (QED) is 0.455. The molecule has 0 bridgehead atoms. The normalized spacial score (nSPS) is 13.7. The second-order valence-corrected chi connectivity index (χ2v) is 8.02. The molecule has 4 N–H and O–H groups in total. The molecule has 0 saturated carbocycles. The monoisotopic (exact) mass is 376 g/mol. The van der Waals surface area contributed by atoms with Crippen LogP contribution in [0, 0.1) is 0 Å². The smallest absolute Gasteiger partial charge is 0.0317 e. The number of fused-ring (bicyclic) bond motifs is 3. The maximum atomic E-state index is 6.28. The van der Waals surface area contributed by atoms with Crippen molar-refractivity contribution in [1.82, 2.24) is 0 Å². The molecule has 0 aliphatic heterocycles. The van der Waals surface area contributed by atoms with E-state index in [1.807, 2.05) is 12.1 Å². The lowest BCUT2D eigenvalue weighted by Gasteiger charge is -2.33. The average Bonchev–Trinajstić information content (AvgIpc) is 2.98. The van der Waals surface area contributed by atoms with Gasteiger partial charge in [-0.2, -0.15) is 0 Å². The summed E-state index contributed by atoms with van der Waals surface area (Å²) in [4.78, 5) is 0. The molecule has 2 heteroatoms. The van der Waals surface area contributed by atoms with Crippen LogP contribution in [0.3, 0.4) is 0 Å². The zero-order chi connectivity index (χ0) is 19.8. The van der Waals surface area contributed by atoms with E-state index in [-0.39, 0.29) is 5.41 Å². The highest BCUT2D eigenvalue weighted by Crippen LogP contribution is 2.53. The van der Waals surface area contributed by atoms with Crippen LogP contribution in [0.25, 0.3) is 11.1 Å². The minimum Gasteiger partial charge on any atom is -0.399 e. The van der Waals surface area contributed by atoms with E-state index in [4.69, 9.17) is 11.5 Å². The Morgan fingerprint density at radius 3 is 1.34 bits per heavy atom. The van der Waals surface area contributed by atoms with Crippen molar-refractivity contribution in [3.8, 4) is 11.1 Å². The summed E-state index contributed by atoms with van der Waals surface area (Å²) in [5, 5.41) is 0. The van der Waals surface area contributed by atoms with Crippen LogP contribution in [0.2, 0.25) is 0 Å². The Labute approximate surface area is 171 Å². The fourth-order valence-corrected chi connectivity index (χ4v) is 4.86. The van der Waals surface area contributed by atoms with Crippen molar-refractivity contribution in [3.05, 3.63) is 119 Å². The molecule has 0 amide bonds. The van der Waals surface area contributed by atoms with E-state index in [0.29, 0.717) is 0 Å². The zero-order valence-corrected chi connectivity index (χ0v) is 16.3. The molecule has 0 heterocycles. The van der Waals surface area contributed by atoms with E-state index in [0.717, 1.165) is 24.2 Å². The van der Waals surface area contributed by atoms with E-state index in [2.05, 4.69) is 84.9 Å². The highest BCUT2D eigenvalue weighted by atomic mass is 14.6. The Balaban J connectivity index is 1.79. The molecule has 0 fully saturated rings. The van der Waals surface area contributed by atoms with Gasteiger partial charge in [0.05, 0.1) is 0 Å². The van der Waals surface area contributed by atoms with Gasteiger partial charge in [0.15, 0.2) is 0 Å². The fourth-order valence-electron chi connectivity index (χ4n) is 4.86. The number of anilines is 2. The van der Waals surface area contributed by atoms with Gasteiger partial charge < -0.3 is 11.5 Å². The van der Waals surface area contributed by atoms with Gasteiger partial charge in [-0.3, -0.25) is 0 Å². The zero-order valence-electron chi connectivity index (χ0n) is 16.3. The topological polar surface area (TPSA) is 52.0 Å². The summed E-state index contributed by atoms with van der Waals surface area (Å²) >= 11 is 0. The number of hydrogen-bond donors (Lipinski definition) is 2. The Morgan fingerprint density at radius 1 is 0.517 bits per heavy atom. The van der Waals surface area contributed by atoms with E-state index >= 15 is 0 Å². The summed E-state index contributed by atoms with van der Waals surface area (Å²) in [5.74, 6) is 0. The molecule has 2 nitrogen and oxygen atoms in total. The number of nitrogen functional groups attached to an aromatic ring is 2. The third-order valence-corrected chi connectivity index (χ3v) is 6.11. The fraction of sp³-hybridized carbons (Fsp3) is 0.111. The first-order valence-electron chi connectivity index (χ1n) is 10.0. The minimum absolute atomic E-state index is 0.210. The van der Waals surface area contributed by atoms with Crippen molar-refractivity contribution >= 4 is 11.4 Å². The molecule has 0 radical (unpaired) electrons. The van der Waals surface area contributed by atoms with Crippen LogP contribution in [-0.2, 0) is 18.3 Å². The minimum atomic E-state index is -0.210. The van der Waals surface area contributed by atoms with Gasteiger partial charge in [-0.1, -0.05) is 72.8 Å². The van der Waals surface area contributed by atoms with Gasteiger partial charge in [0.25, 0.3) is 0 Å². The predicted octanol–water partition coefficient (Wildman–Crippen LogP) is 5.60. The molecule has 1 aliphatic rings. The lowest BCUT2D eigenvalue weighted by Crippen LogP contribution is -2.31. The molecule has 142 valence electrons. The Morgan fingerprint density at radius 2 is 0.931 bits per heavy atom. The maximum Gasteiger partial charge on any atom is 0.0317 e.